The molecule has 1 fully saturated rings. The maximum absolute atomic E-state index is 12.5. The molecule has 1 aliphatic heterocycles. The van der Waals surface area contributed by atoms with Crippen molar-refractivity contribution in [1.29, 1.82) is 0 Å². The molecule has 1 saturated heterocycles. The summed E-state index contributed by atoms with van der Waals surface area (Å²) in [5.74, 6) is 0.551. The first-order valence-corrected chi connectivity index (χ1v) is 10.1. The van der Waals surface area contributed by atoms with Crippen molar-refractivity contribution in [2.75, 3.05) is 19.7 Å². The minimum atomic E-state index is -0.503. The number of carbonyl (C=O) groups excluding carboxylic acids is 2. The lowest BCUT2D eigenvalue weighted by Gasteiger charge is -2.35. The summed E-state index contributed by atoms with van der Waals surface area (Å²) in [7, 11) is 0. The predicted molar refractivity (Wildman–Crippen MR) is 109 cm³/mol. The lowest BCUT2D eigenvalue weighted by Crippen LogP contribution is -2.56. The third kappa shape index (κ3) is 5.57. The molecular formula is C21H29N5O3. The molecule has 0 radical (unpaired) electrons. The Labute approximate surface area is 171 Å². The molecule has 0 aliphatic carbocycles. The van der Waals surface area contributed by atoms with Crippen molar-refractivity contribution in [2.45, 2.75) is 45.9 Å². The second-order valence-electron chi connectivity index (χ2n) is 7.00. The Morgan fingerprint density at radius 1 is 1.34 bits per heavy atom. The zero-order valence-electron chi connectivity index (χ0n) is 17.1. The highest BCUT2D eigenvalue weighted by molar-refractivity contribution is 5.88. The van der Waals surface area contributed by atoms with Gasteiger partial charge in [-0.1, -0.05) is 18.2 Å². The maximum Gasteiger partial charge on any atom is 0.237 e. The minimum Gasteiger partial charge on any atom is -0.494 e. The molecule has 2 aromatic rings. The fraction of sp³-hybridized carbons (Fsp3) is 0.476. The van der Waals surface area contributed by atoms with E-state index in [-0.39, 0.29) is 18.2 Å². The number of ether oxygens (including phenoxy) is 1. The van der Waals surface area contributed by atoms with E-state index in [1.54, 1.807) is 6.20 Å². The molecule has 2 amide bonds. The number of para-hydroxylation sites is 1. The standard InChI is InChI=1S/C21H29N5O3/c1-3-26-14-16(13-24-26)12-23-20(27)11-18-21(28)22-9-10-25(18)15-17-7-5-6-8-19(17)29-4-2/h5-8,13-14,18H,3-4,9-12,15H2,1-2H3,(H,22,28)(H,23,27). The number of aromatic nitrogens is 2. The lowest BCUT2D eigenvalue weighted by molar-refractivity contribution is -0.134. The fourth-order valence-corrected chi connectivity index (χ4v) is 3.44. The lowest BCUT2D eigenvalue weighted by atomic mass is 10.1. The number of carbonyl (C=O) groups is 2. The van der Waals surface area contributed by atoms with Gasteiger partial charge >= 0.3 is 0 Å². The number of hydrogen-bond donors (Lipinski definition) is 2. The average molecular weight is 399 g/mol. The normalized spacial score (nSPS) is 17.0. The molecule has 0 saturated carbocycles. The van der Waals surface area contributed by atoms with Crippen molar-refractivity contribution in [3.05, 3.63) is 47.8 Å². The molecule has 2 N–H and O–H groups in total. The van der Waals surface area contributed by atoms with Crippen molar-refractivity contribution in [3.63, 3.8) is 0 Å². The van der Waals surface area contributed by atoms with E-state index < -0.39 is 6.04 Å². The summed E-state index contributed by atoms with van der Waals surface area (Å²) < 4.78 is 7.52. The highest BCUT2D eigenvalue weighted by Gasteiger charge is 2.32. The van der Waals surface area contributed by atoms with Crippen molar-refractivity contribution >= 4 is 11.8 Å². The van der Waals surface area contributed by atoms with Crippen LogP contribution in [0.1, 0.15) is 31.4 Å². The van der Waals surface area contributed by atoms with Gasteiger partial charge in [0.05, 0.1) is 25.3 Å². The van der Waals surface area contributed by atoms with Gasteiger partial charge in [0, 0.05) is 50.0 Å². The first-order chi connectivity index (χ1) is 14.1. The quantitative estimate of drug-likeness (QED) is 0.664. The molecule has 0 spiro atoms. The third-order valence-electron chi connectivity index (χ3n) is 4.97. The van der Waals surface area contributed by atoms with Crippen LogP contribution in [0.15, 0.2) is 36.7 Å². The van der Waals surface area contributed by atoms with E-state index in [4.69, 9.17) is 4.74 Å². The van der Waals surface area contributed by atoms with E-state index in [0.717, 1.165) is 23.4 Å². The molecular weight excluding hydrogens is 370 g/mol. The Morgan fingerprint density at radius 2 is 2.17 bits per heavy atom. The number of nitrogens with one attached hydrogen (secondary N) is 2. The Kier molecular flexibility index (Phi) is 7.24. The molecule has 1 aliphatic rings. The monoisotopic (exact) mass is 399 g/mol. The Bertz CT molecular complexity index is 835. The molecule has 1 unspecified atom stereocenters. The third-order valence-corrected chi connectivity index (χ3v) is 4.97. The van der Waals surface area contributed by atoms with E-state index in [2.05, 4.69) is 15.7 Å². The van der Waals surface area contributed by atoms with E-state index in [0.29, 0.717) is 32.8 Å². The van der Waals surface area contributed by atoms with E-state index >= 15 is 0 Å². The highest BCUT2D eigenvalue weighted by Crippen LogP contribution is 2.22. The zero-order valence-corrected chi connectivity index (χ0v) is 17.1. The second-order valence-corrected chi connectivity index (χ2v) is 7.00. The molecule has 1 aromatic carbocycles. The van der Waals surface area contributed by atoms with Gasteiger partial charge in [0.15, 0.2) is 0 Å². The summed E-state index contributed by atoms with van der Waals surface area (Å²) in [6.45, 7) is 7.55. The average Bonchev–Trinajstić information content (AvgIpc) is 3.19. The van der Waals surface area contributed by atoms with E-state index in [1.165, 1.54) is 0 Å². The van der Waals surface area contributed by atoms with Crippen LogP contribution in [0, 0.1) is 0 Å². The molecule has 29 heavy (non-hydrogen) atoms. The molecule has 156 valence electrons. The first-order valence-electron chi connectivity index (χ1n) is 10.1. The van der Waals surface area contributed by atoms with Gasteiger partial charge in [-0.25, -0.2) is 0 Å². The number of nitrogens with zero attached hydrogens (tertiary/aromatic N) is 3. The van der Waals surface area contributed by atoms with Gasteiger partial charge in [0.1, 0.15) is 5.75 Å². The molecule has 2 heterocycles. The fourth-order valence-electron chi connectivity index (χ4n) is 3.44. The second kappa shape index (κ2) is 10.1. The minimum absolute atomic E-state index is 0.112. The highest BCUT2D eigenvalue weighted by atomic mass is 16.5. The van der Waals surface area contributed by atoms with Crippen molar-refractivity contribution in [2.24, 2.45) is 0 Å². The molecule has 3 rings (SSSR count). The van der Waals surface area contributed by atoms with Crippen LogP contribution < -0.4 is 15.4 Å². The number of benzene rings is 1. The molecule has 1 aromatic heterocycles. The summed E-state index contributed by atoms with van der Waals surface area (Å²) in [6, 6.07) is 7.32. The number of piperazine rings is 1. The summed E-state index contributed by atoms with van der Waals surface area (Å²) >= 11 is 0. The topological polar surface area (TPSA) is 88.5 Å². The van der Waals surface area contributed by atoms with Crippen LogP contribution in [-0.4, -0.2) is 52.2 Å². The molecule has 1 atom stereocenters. The smallest absolute Gasteiger partial charge is 0.237 e. The predicted octanol–water partition coefficient (Wildman–Crippen LogP) is 1.31. The summed E-state index contributed by atoms with van der Waals surface area (Å²) in [5, 5.41) is 9.97. The van der Waals surface area contributed by atoms with Gasteiger partial charge in [0.2, 0.25) is 11.8 Å². The van der Waals surface area contributed by atoms with Crippen molar-refractivity contribution in [1.82, 2.24) is 25.3 Å². The maximum atomic E-state index is 12.5. The van der Waals surface area contributed by atoms with Gasteiger partial charge in [-0.05, 0) is 19.9 Å². The van der Waals surface area contributed by atoms with Crippen LogP contribution in [0.5, 0.6) is 5.75 Å². The summed E-state index contributed by atoms with van der Waals surface area (Å²) in [5.41, 5.74) is 1.96. The number of hydrogen-bond acceptors (Lipinski definition) is 5. The molecule has 8 heteroatoms. The van der Waals surface area contributed by atoms with Crippen LogP contribution in [0.3, 0.4) is 0 Å². The van der Waals surface area contributed by atoms with Crippen LogP contribution in [-0.2, 0) is 29.2 Å². The Balaban J connectivity index is 1.62. The van der Waals surface area contributed by atoms with Gasteiger partial charge in [-0.2, -0.15) is 5.10 Å². The number of rotatable bonds is 9. The van der Waals surface area contributed by atoms with Gasteiger partial charge < -0.3 is 15.4 Å². The molecule has 0 bridgehead atoms. The summed E-state index contributed by atoms with van der Waals surface area (Å²) in [6.07, 6.45) is 3.77. The van der Waals surface area contributed by atoms with Crippen LogP contribution in [0.25, 0.3) is 0 Å². The van der Waals surface area contributed by atoms with Gasteiger partial charge in [0.25, 0.3) is 0 Å². The summed E-state index contributed by atoms with van der Waals surface area (Å²) in [4.78, 5) is 27.0. The van der Waals surface area contributed by atoms with Crippen LogP contribution >= 0.6 is 0 Å². The van der Waals surface area contributed by atoms with Gasteiger partial charge in [-0.3, -0.25) is 19.2 Å². The Morgan fingerprint density at radius 3 is 2.93 bits per heavy atom. The van der Waals surface area contributed by atoms with Crippen LogP contribution in [0.2, 0.25) is 0 Å². The van der Waals surface area contributed by atoms with E-state index in [1.807, 2.05) is 53.9 Å². The Hall–Kier alpha value is -2.87. The SMILES string of the molecule is CCOc1ccccc1CN1CCNC(=O)C1CC(=O)NCc1cnn(CC)c1. The number of aryl methyl sites for hydroxylation is 1. The largest absolute Gasteiger partial charge is 0.494 e. The zero-order chi connectivity index (χ0) is 20.6. The van der Waals surface area contributed by atoms with Crippen molar-refractivity contribution < 1.29 is 14.3 Å². The first kappa shape index (κ1) is 20.9. The van der Waals surface area contributed by atoms with Gasteiger partial charge in [-0.15, -0.1) is 0 Å². The van der Waals surface area contributed by atoms with Crippen molar-refractivity contribution in [3.8, 4) is 5.75 Å². The van der Waals surface area contributed by atoms with E-state index in [9.17, 15) is 9.59 Å². The van der Waals surface area contributed by atoms with Crippen LogP contribution in [0.4, 0.5) is 0 Å². The number of amides is 2. The molecule has 8 nitrogen and oxygen atoms in total.